The molecule has 0 saturated carbocycles. The second kappa shape index (κ2) is 9.46. The molecule has 4 rings (SSSR count). The third-order valence-electron chi connectivity index (χ3n) is 5.36. The van der Waals surface area contributed by atoms with Crippen molar-refractivity contribution >= 4 is 21.5 Å². The maximum absolute atomic E-state index is 13.0. The predicted molar refractivity (Wildman–Crippen MR) is 112 cm³/mol. The van der Waals surface area contributed by atoms with Gasteiger partial charge in [-0.05, 0) is 13.0 Å². The molecule has 1 fully saturated rings. The summed E-state index contributed by atoms with van der Waals surface area (Å²) in [5.74, 6) is 0.369. The van der Waals surface area contributed by atoms with E-state index in [1.807, 2.05) is 6.92 Å². The van der Waals surface area contributed by atoms with Gasteiger partial charge in [-0.3, -0.25) is 0 Å². The smallest absolute Gasteiger partial charge is 0.245 e. The minimum absolute atomic E-state index is 0.0141. The highest BCUT2D eigenvalue weighted by molar-refractivity contribution is 7.89. The molecular weight excluding hydrogens is 440 g/mol. The van der Waals surface area contributed by atoms with Gasteiger partial charge in [0, 0.05) is 32.3 Å². The summed E-state index contributed by atoms with van der Waals surface area (Å²) < 4.78 is 42.4. The summed E-state index contributed by atoms with van der Waals surface area (Å²) in [5.41, 5.74) is 0.661. The lowest BCUT2D eigenvalue weighted by molar-refractivity contribution is 0.128. The molecule has 14 heteroatoms. The predicted octanol–water partition coefficient (Wildman–Crippen LogP) is -0.574. The van der Waals surface area contributed by atoms with Crippen LogP contribution in [0.4, 0.5) is 5.82 Å². The highest BCUT2D eigenvalue weighted by Gasteiger charge is 2.32. The molecular formula is C18H26N8O5S. The Balaban J connectivity index is 1.48. The van der Waals surface area contributed by atoms with Crippen LogP contribution in [0.15, 0.2) is 29.6 Å². The van der Waals surface area contributed by atoms with Crippen molar-refractivity contribution in [1.82, 2.24) is 34.3 Å². The molecule has 0 aliphatic carbocycles. The zero-order valence-corrected chi connectivity index (χ0v) is 18.6. The van der Waals surface area contributed by atoms with Gasteiger partial charge in [-0.1, -0.05) is 5.21 Å². The highest BCUT2D eigenvalue weighted by atomic mass is 32.2. The van der Waals surface area contributed by atoms with Crippen molar-refractivity contribution in [3.63, 3.8) is 0 Å². The molecule has 1 unspecified atom stereocenters. The van der Waals surface area contributed by atoms with Gasteiger partial charge in [0.05, 0.1) is 44.4 Å². The van der Waals surface area contributed by atoms with E-state index in [0.29, 0.717) is 31.3 Å². The van der Waals surface area contributed by atoms with Gasteiger partial charge in [0.25, 0.3) is 0 Å². The minimum Gasteiger partial charge on any atom is -0.390 e. The molecule has 3 aromatic rings. The largest absolute Gasteiger partial charge is 0.390 e. The van der Waals surface area contributed by atoms with Gasteiger partial charge in [0.2, 0.25) is 10.0 Å². The topological polar surface area (TPSA) is 158 Å². The lowest BCUT2D eigenvalue weighted by Gasteiger charge is -2.17. The zero-order valence-electron chi connectivity index (χ0n) is 17.7. The second-order valence-electron chi connectivity index (χ2n) is 7.58. The quantitative estimate of drug-likeness (QED) is 0.353. The number of ether oxygens (including phenoxy) is 2. The van der Waals surface area contributed by atoms with Crippen LogP contribution in [-0.4, -0.2) is 82.6 Å². The van der Waals surface area contributed by atoms with Crippen molar-refractivity contribution in [3.05, 3.63) is 30.4 Å². The lowest BCUT2D eigenvalue weighted by Crippen LogP contribution is -2.33. The van der Waals surface area contributed by atoms with E-state index in [1.54, 1.807) is 30.3 Å². The molecule has 1 saturated heterocycles. The first-order chi connectivity index (χ1) is 15.4. The van der Waals surface area contributed by atoms with Gasteiger partial charge in [-0.25, -0.2) is 27.3 Å². The second-order valence-corrected chi connectivity index (χ2v) is 9.32. The number of fused-ring (bicyclic) bond motifs is 1. The molecule has 3 atom stereocenters. The summed E-state index contributed by atoms with van der Waals surface area (Å²) in [7, 11) is -2.26. The lowest BCUT2D eigenvalue weighted by atomic mass is 10.0. The fourth-order valence-corrected chi connectivity index (χ4v) is 4.54. The van der Waals surface area contributed by atoms with Gasteiger partial charge in [0.1, 0.15) is 16.4 Å². The van der Waals surface area contributed by atoms with E-state index in [1.165, 1.54) is 10.7 Å². The van der Waals surface area contributed by atoms with Crippen LogP contribution in [0.2, 0.25) is 0 Å². The first-order valence-electron chi connectivity index (χ1n) is 10.1. The maximum atomic E-state index is 13.0. The monoisotopic (exact) mass is 466 g/mol. The minimum atomic E-state index is -3.88. The molecule has 4 heterocycles. The van der Waals surface area contributed by atoms with Crippen molar-refractivity contribution < 1.29 is 23.0 Å². The number of nitrogens with zero attached hydrogens (tertiary/aromatic N) is 6. The molecule has 13 nitrogen and oxygen atoms in total. The third-order valence-corrected chi connectivity index (χ3v) is 6.77. The Morgan fingerprint density at radius 3 is 3.00 bits per heavy atom. The Bertz CT molecular complexity index is 1160. The summed E-state index contributed by atoms with van der Waals surface area (Å²) in [6.07, 6.45) is 4.53. The molecule has 32 heavy (non-hydrogen) atoms. The van der Waals surface area contributed by atoms with Crippen molar-refractivity contribution in [2.75, 3.05) is 38.7 Å². The Morgan fingerprint density at radius 2 is 2.25 bits per heavy atom. The molecule has 1 aliphatic heterocycles. The van der Waals surface area contributed by atoms with Crippen molar-refractivity contribution in [2.45, 2.75) is 30.6 Å². The van der Waals surface area contributed by atoms with Crippen LogP contribution < -0.4 is 10.0 Å². The Hall–Kier alpha value is -2.65. The molecule has 3 N–H and O–H groups in total. The van der Waals surface area contributed by atoms with Gasteiger partial charge in [-0.15, -0.1) is 5.10 Å². The highest BCUT2D eigenvalue weighted by Crippen LogP contribution is 2.25. The Labute approximate surface area is 184 Å². The fraction of sp³-hybridized carbons (Fsp3) is 0.556. The summed E-state index contributed by atoms with van der Waals surface area (Å²) >= 11 is 0. The SMILES string of the molecule is COC(C)CNc1ccn2ncc(S(=O)(=O)NC[C@@H]3COC[C@H]3n3cc(CO)nn3)c2n1. The van der Waals surface area contributed by atoms with Crippen LogP contribution in [0.1, 0.15) is 18.7 Å². The molecule has 174 valence electrons. The van der Waals surface area contributed by atoms with E-state index >= 15 is 0 Å². The van der Waals surface area contributed by atoms with E-state index in [4.69, 9.17) is 9.47 Å². The van der Waals surface area contributed by atoms with E-state index < -0.39 is 10.0 Å². The normalized spacial score (nSPS) is 20.1. The van der Waals surface area contributed by atoms with Gasteiger partial charge >= 0.3 is 0 Å². The van der Waals surface area contributed by atoms with Gasteiger partial charge in [0.15, 0.2) is 5.65 Å². The van der Waals surface area contributed by atoms with E-state index in [9.17, 15) is 13.5 Å². The fourth-order valence-electron chi connectivity index (χ4n) is 3.38. The average Bonchev–Trinajstić information content (AvgIpc) is 3.54. The third kappa shape index (κ3) is 4.73. The molecule has 0 radical (unpaired) electrons. The number of hydrogen-bond donors (Lipinski definition) is 3. The van der Waals surface area contributed by atoms with Crippen LogP contribution in [0.25, 0.3) is 5.65 Å². The van der Waals surface area contributed by atoms with Crippen LogP contribution in [0, 0.1) is 5.92 Å². The number of aliphatic hydroxyl groups is 1. The standard InChI is InChI=1S/C18H26N8O5S/c1-12(30-2)5-19-17-3-4-25-18(22-17)16(7-20-25)32(28,29)21-6-13-10-31-11-15(13)26-8-14(9-27)23-24-26/h3-4,7-8,12-13,15,21,27H,5-6,9-11H2,1-2H3,(H,19,22)/t12?,13-,15-/m1/s1. The summed E-state index contributed by atoms with van der Waals surface area (Å²) in [4.78, 5) is 4.39. The molecule has 0 aromatic carbocycles. The van der Waals surface area contributed by atoms with Crippen LogP contribution in [0.3, 0.4) is 0 Å². The first-order valence-corrected chi connectivity index (χ1v) is 11.6. The summed E-state index contributed by atoms with van der Waals surface area (Å²) in [5, 5.41) is 24.3. The van der Waals surface area contributed by atoms with E-state index in [-0.39, 0.29) is 41.8 Å². The van der Waals surface area contributed by atoms with Crippen molar-refractivity contribution in [1.29, 1.82) is 0 Å². The van der Waals surface area contributed by atoms with Gasteiger partial charge in [-0.2, -0.15) is 5.10 Å². The van der Waals surface area contributed by atoms with Crippen molar-refractivity contribution in [3.8, 4) is 0 Å². The van der Waals surface area contributed by atoms with Gasteiger partial charge < -0.3 is 19.9 Å². The molecule has 0 amide bonds. The van der Waals surface area contributed by atoms with Crippen LogP contribution in [0.5, 0.6) is 0 Å². The number of rotatable bonds is 10. The Morgan fingerprint density at radius 1 is 1.41 bits per heavy atom. The average molecular weight is 467 g/mol. The number of aromatic nitrogens is 6. The van der Waals surface area contributed by atoms with Crippen molar-refractivity contribution in [2.24, 2.45) is 5.92 Å². The van der Waals surface area contributed by atoms with E-state index in [2.05, 4.69) is 30.4 Å². The number of sulfonamides is 1. The number of anilines is 1. The Kier molecular flexibility index (Phi) is 6.66. The maximum Gasteiger partial charge on any atom is 0.245 e. The molecule has 0 spiro atoms. The molecule has 1 aliphatic rings. The number of methoxy groups -OCH3 is 1. The first kappa shape index (κ1) is 22.5. The number of hydrogen-bond acceptors (Lipinski definition) is 10. The van der Waals surface area contributed by atoms with Crippen LogP contribution in [-0.2, 0) is 26.1 Å². The van der Waals surface area contributed by atoms with Crippen LogP contribution >= 0.6 is 0 Å². The van der Waals surface area contributed by atoms with E-state index in [0.717, 1.165) is 0 Å². The molecule has 3 aromatic heterocycles. The number of aliphatic hydroxyl groups excluding tert-OH is 1. The number of nitrogens with one attached hydrogen (secondary N) is 2. The molecule has 0 bridgehead atoms. The summed E-state index contributed by atoms with van der Waals surface area (Å²) in [6, 6.07) is 1.52. The summed E-state index contributed by atoms with van der Waals surface area (Å²) in [6.45, 7) is 3.12. The zero-order chi connectivity index (χ0) is 22.7.